The Morgan fingerprint density at radius 2 is 0.729 bits per heavy atom. The molecule has 70 heavy (non-hydrogen) atoms. The van der Waals surface area contributed by atoms with Gasteiger partial charge in [-0.3, -0.25) is 9.59 Å². The molecular weight excluding hydrogens is 863 g/mol. The Morgan fingerprint density at radius 3 is 1.13 bits per heavy atom. The molecule has 0 spiro atoms. The fourth-order valence-electron chi connectivity index (χ4n) is 9.89. The molecule has 0 heterocycles. The summed E-state index contributed by atoms with van der Waals surface area (Å²) in [6, 6.07) is -0.551. The van der Waals surface area contributed by atoms with Gasteiger partial charge in [0.15, 0.2) is 0 Å². The lowest BCUT2D eigenvalue weighted by atomic mass is 10.0. The fraction of sp³-hybridized carbons (Fsp3) is 0.906. The van der Waals surface area contributed by atoms with Crippen LogP contribution < -0.4 is 5.32 Å². The molecule has 0 rings (SSSR count). The zero-order valence-corrected chi connectivity index (χ0v) is 47.3. The lowest BCUT2D eigenvalue weighted by Gasteiger charge is -2.22. The van der Waals surface area contributed by atoms with E-state index in [1.165, 1.54) is 257 Å². The van der Waals surface area contributed by atoms with Crippen LogP contribution in [0.1, 0.15) is 348 Å². The number of ether oxygens (including phenoxy) is 1. The van der Waals surface area contributed by atoms with Crippen LogP contribution in [0.5, 0.6) is 0 Å². The molecule has 6 nitrogen and oxygen atoms in total. The third kappa shape index (κ3) is 55.7. The second kappa shape index (κ2) is 59.9. The minimum Gasteiger partial charge on any atom is -0.466 e. The lowest BCUT2D eigenvalue weighted by Crippen LogP contribution is -2.45. The minimum absolute atomic E-state index is 0.0157. The van der Waals surface area contributed by atoms with E-state index in [1.54, 1.807) is 0 Å². The smallest absolute Gasteiger partial charge is 0.305 e. The molecule has 414 valence electrons. The number of esters is 1. The predicted octanol–water partition coefficient (Wildman–Crippen LogP) is 19.8. The summed E-state index contributed by atoms with van der Waals surface area (Å²) in [7, 11) is 0. The van der Waals surface area contributed by atoms with Gasteiger partial charge in [-0.25, -0.2) is 0 Å². The molecule has 6 heteroatoms. The summed E-state index contributed by atoms with van der Waals surface area (Å²) in [5, 5.41) is 23.4. The monoisotopic (exact) mass is 986 g/mol. The van der Waals surface area contributed by atoms with Crippen molar-refractivity contribution in [3.05, 3.63) is 24.3 Å². The van der Waals surface area contributed by atoms with Crippen LogP contribution in [-0.2, 0) is 14.3 Å². The van der Waals surface area contributed by atoms with Crippen molar-refractivity contribution >= 4 is 11.9 Å². The SMILES string of the molecule is CCCC/C=C\C/C=C\CCCCCCCC(=O)OCCCCCCCCCCCCCCCCC(=O)NC(CO)C(O)CCCCCCCCCCCCCCCCCCCCCCCCCCC. The third-order valence-corrected chi connectivity index (χ3v) is 14.8. The first-order valence-electron chi connectivity index (χ1n) is 31.6. The zero-order valence-electron chi connectivity index (χ0n) is 47.3. The maximum Gasteiger partial charge on any atom is 0.305 e. The maximum atomic E-state index is 12.5. The van der Waals surface area contributed by atoms with Crippen LogP contribution >= 0.6 is 0 Å². The lowest BCUT2D eigenvalue weighted by molar-refractivity contribution is -0.143. The first-order chi connectivity index (χ1) is 34.5. The molecule has 0 aliphatic heterocycles. The molecule has 0 fully saturated rings. The van der Waals surface area contributed by atoms with Gasteiger partial charge in [0.1, 0.15) is 0 Å². The van der Waals surface area contributed by atoms with Crippen LogP contribution in [-0.4, -0.2) is 47.4 Å². The summed E-state index contributed by atoms with van der Waals surface area (Å²) >= 11 is 0. The number of aliphatic hydroxyl groups excluding tert-OH is 2. The highest BCUT2D eigenvalue weighted by atomic mass is 16.5. The first kappa shape index (κ1) is 68.3. The van der Waals surface area contributed by atoms with Crippen molar-refractivity contribution in [3.8, 4) is 0 Å². The number of aliphatic hydroxyl groups is 2. The average Bonchev–Trinajstić information content (AvgIpc) is 3.36. The molecule has 0 aromatic carbocycles. The number of allylic oxidation sites excluding steroid dienone is 4. The highest BCUT2D eigenvalue weighted by Crippen LogP contribution is 2.18. The van der Waals surface area contributed by atoms with E-state index in [0.717, 1.165) is 57.8 Å². The van der Waals surface area contributed by atoms with Crippen molar-refractivity contribution in [2.24, 2.45) is 0 Å². The normalized spacial score (nSPS) is 12.7. The molecule has 0 aliphatic rings. The Balaban J connectivity index is 3.43. The van der Waals surface area contributed by atoms with Gasteiger partial charge in [0.2, 0.25) is 5.91 Å². The third-order valence-electron chi connectivity index (χ3n) is 14.8. The van der Waals surface area contributed by atoms with E-state index in [0.29, 0.717) is 25.9 Å². The Hall–Kier alpha value is -1.66. The number of carbonyl (C=O) groups is 2. The van der Waals surface area contributed by atoms with E-state index in [9.17, 15) is 19.8 Å². The van der Waals surface area contributed by atoms with Crippen LogP contribution in [0.15, 0.2) is 24.3 Å². The molecule has 1 amide bonds. The summed E-state index contributed by atoms with van der Waals surface area (Å²) in [6.45, 7) is 4.91. The van der Waals surface area contributed by atoms with Gasteiger partial charge in [-0.1, -0.05) is 308 Å². The molecule has 3 N–H and O–H groups in total. The average molecular weight is 987 g/mol. The summed E-state index contributed by atoms with van der Waals surface area (Å²) in [6.07, 6.45) is 73.3. The molecule has 0 radical (unpaired) electrons. The van der Waals surface area contributed by atoms with E-state index < -0.39 is 12.1 Å². The Labute approximate surface area is 437 Å². The summed E-state index contributed by atoms with van der Waals surface area (Å²) in [5.41, 5.74) is 0. The summed E-state index contributed by atoms with van der Waals surface area (Å²) in [4.78, 5) is 24.6. The van der Waals surface area contributed by atoms with Gasteiger partial charge in [-0.15, -0.1) is 0 Å². The fourth-order valence-corrected chi connectivity index (χ4v) is 9.89. The quantitative estimate of drug-likeness (QED) is 0.0321. The van der Waals surface area contributed by atoms with Gasteiger partial charge in [0.05, 0.1) is 25.4 Å². The minimum atomic E-state index is -0.673. The van der Waals surface area contributed by atoms with Gasteiger partial charge in [-0.2, -0.15) is 0 Å². The molecule has 0 aliphatic carbocycles. The van der Waals surface area contributed by atoms with Gasteiger partial charge in [-0.05, 0) is 51.4 Å². The van der Waals surface area contributed by atoms with Gasteiger partial charge < -0.3 is 20.3 Å². The van der Waals surface area contributed by atoms with Crippen molar-refractivity contribution in [2.75, 3.05) is 13.2 Å². The van der Waals surface area contributed by atoms with Crippen LogP contribution in [0.4, 0.5) is 0 Å². The van der Waals surface area contributed by atoms with Gasteiger partial charge >= 0.3 is 5.97 Å². The van der Waals surface area contributed by atoms with Crippen molar-refractivity contribution in [2.45, 2.75) is 360 Å². The number of hydrogen-bond acceptors (Lipinski definition) is 5. The largest absolute Gasteiger partial charge is 0.466 e. The second-order valence-corrected chi connectivity index (χ2v) is 21.7. The van der Waals surface area contributed by atoms with Crippen molar-refractivity contribution < 1.29 is 24.5 Å². The number of unbranched alkanes of at least 4 members (excludes halogenated alkanes) is 44. The number of hydrogen-bond donors (Lipinski definition) is 3. The van der Waals surface area contributed by atoms with Gasteiger partial charge in [0.25, 0.3) is 0 Å². The van der Waals surface area contributed by atoms with Crippen LogP contribution in [0, 0.1) is 0 Å². The van der Waals surface area contributed by atoms with Gasteiger partial charge in [0, 0.05) is 12.8 Å². The molecule has 2 atom stereocenters. The molecule has 0 aromatic heterocycles. The van der Waals surface area contributed by atoms with Crippen molar-refractivity contribution in [3.63, 3.8) is 0 Å². The van der Waals surface area contributed by atoms with E-state index in [1.807, 2.05) is 0 Å². The van der Waals surface area contributed by atoms with Crippen LogP contribution in [0.25, 0.3) is 0 Å². The molecule has 0 saturated heterocycles. The maximum absolute atomic E-state index is 12.5. The summed E-state index contributed by atoms with van der Waals surface area (Å²) in [5.74, 6) is -0.0580. The Bertz CT molecular complexity index is 1090. The highest BCUT2D eigenvalue weighted by molar-refractivity contribution is 5.76. The number of rotatable bonds is 59. The Morgan fingerprint density at radius 1 is 0.400 bits per heavy atom. The highest BCUT2D eigenvalue weighted by Gasteiger charge is 2.20. The molecule has 0 aromatic rings. The van der Waals surface area contributed by atoms with E-state index in [-0.39, 0.29) is 18.5 Å². The van der Waals surface area contributed by atoms with Crippen molar-refractivity contribution in [1.29, 1.82) is 0 Å². The number of carbonyl (C=O) groups excluding carboxylic acids is 2. The van der Waals surface area contributed by atoms with E-state index in [2.05, 4.69) is 43.5 Å². The van der Waals surface area contributed by atoms with E-state index >= 15 is 0 Å². The van der Waals surface area contributed by atoms with Crippen LogP contribution in [0.3, 0.4) is 0 Å². The van der Waals surface area contributed by atoms with Crippen molar-refractivity contribution in [1.82, 2.24) is 5.32 Å². The standard InChI is InChI=1S/C64H123NO5/c1-3-5-7-9-11-13-15-17-19-20-21-22-23-24-25-26-27-28-29-32-36-40-44-48-52-56-62(67)61(60-66)65-63(68)57-53-49-45-41-37-33-30-31-35-39-43-47-51-55-59-70-64(69)58-54-50-46-42-38-34-18-16-14-12-10-8-6-4-2/h10,12,16,18,61-62,66-67H,3-9,11,13-15,17,19-60H2,1-2H3,(H,65,68)/b12-10-,18-16-. The second-order valence-electron chi connectivity index (χ2n) is 21.7. The molecule has 2 unspecified atom stereocenters. The molecule has 0 bridgehead atoms. The predicted molar refractivity (Wildman–Crippen MR) is 306 cm³/mol. The topological polar surface area (TPSA) is 95.9 Å². The zero-order chi connectivity index (χ0) is 50.7. The van der Waals surface area contributed by atoms with E-state index in [4.69, 9.17) is 4.74 Å². The molecule has 0 saturated carbocycles. The number of nitrogens with one attached hydrogen (secondary N) is 1. The Kier molecular flexibility index (Phi) is 58.5. The summed E-state index contributed by atoms with van der Waals surface area (Å²) < 4.78 is 5.47. The van der Waals surface area contributed by atoms with Crippen LogP contribution in [0.2, 0.25) is 0 Å². The number of amides is 1. The molecular formula is C64H123NO5. The first-order valence-corrected chi connectivity index (χ1v) is 31.6.